The minimum atomic E-state index is -0.625. The summed E-state index contributed by atoms with van der Waals surface area (Å²) in [4.78, 5) is 35.3. The molecule has 0 atom stereocenters. The van der Waals surface area contributed by atoms with Crippen molar-refractivity contribution in [1.82, 2.24) is 0 Å². The number of benzene rings is 2. The summed E-state index contributed by atoms with van der Waals surface area (Å²) in [7, 11) is 2.80. The van der Waals surface area contributed by atoms with Crippen molar-refractivity contribution in [1.29, 1.82) is 0 Å². The number of hydrogen-bond donors (Lipinski definition) is 1. The first kappa shape index (κ1) is 19.0. The van der Waals surface area contributed by atoms with E-state index in [1.807, 2.05) is 6.92 Å². The lowest BCUT2D eigenvalue weighted by Crippen LogP contribution is -2.21. The summed E-state index contributed by atoms with van der Waals surface area (Å²) >= 11 is 0. The van der Waals surface area contributed by atoms with E-state index in [1.165, 1.54) is 26.4 Å². The third-order valence-electron chi connectivity index (χ3n) is 3.57. The molecule has 7 heteroatoms. The van der Waals surface area contributed by atoms with Crippen LogP contribution in [0.15, 0.2) is 42.5 Å². The number of nitrogens with one attached hydrogen (secondary N) is 1. The number of anilines is 1. The zero-order valence-electron chi connectivity index (χ0n) is 14.7. The number of carbonyl (C=O) groups excluding carboxylic acids is 3. The highest BCUT2D eigenvalue weighted by Crippen LogP contribution is 2.19. The zero-order chi connectivity index (χ0) is 19.1. The first-order chi connectivity index (χ1) is 12.4. The molecule has 2 aromatic carbocycles. The molecule has 0 heterocycles. The number of amides is 1. The van der Waals surface area contributed by atoms with Crippen LogP contribution in [0.25, 0.3) is 0 Å². The van der Waals surface area contributed by atoms with Crippen molar-refractivity contribution in [2.45, 2.75) is 6.92 Å². The third-order valence-corrected chi connectivity index (χ3v) is 3.57. The fourth-order valence-electron chi connectivity index (χ4n) is 2.17. The fourth-order valence-corrected chi connectivity index (χ4v) is 2.17. The van der Waals surface area contributed by atoms with Gasteiger partial charge in [0, 0.05) is 5.69 Å². The Bertz CT molecular complexity index is 813. The predicted molar refractivity (Wildman–Crippen MR) is 94.4 cm³/mol. The van der Waals surface area contributed by atoms with Crippen LogP contribution in [0, 0.1) is 6.92 Å². The molecule has 0 spiro atoms. The van der Waals surface area contributed by atoms with E-state index < -0.39 is 24.5 Å². The first-order valence-corrected chi connectivity index (χ1v) is 7.74. The van der Waals surface area contributed by atoms with Gasteiger partial charge in [-0.2, -0.15) is 0 Å². The summed E-state index contributed by atoms with van der Waals surface area (Å²) in [6, 6.07) is 11.0. The molecule has 2 aromatic rings. The van der Waals surface area contributed by atoms with Gasteiger partial charge in [-0.3, -0.25) is 4.79 Å². The maximum atomic E-state index is 12.0. The molecular weight excluding hydrogens is 338 g/mol. The standard InChI is InChI=1S/C19H19NO6/c1-12-4-5-14(10-16(12)24-2)19(23)26-11-17(21)20-15-8-6-13(7-9-15)18(22)25-3/h4-10H,11H2,1-3H3,(H,20,21). The summed E-state index contributed by atoms with van der Waals surface area (Å²) in [5, 5.41) is 2.57. The largest absolute Gasteiger partial charge is 0.496 e. The Morgan fingerprint density at radius 3 is 2.19 bits per heavy atom. The summed E-state index contributed by atoms with van der Waals surface area (Å²) in [5.74, 6) is -1.03. The van der Waals surface area contributed by atoms with E-state index >= 15 is 0 Å². The Labute approximate surface area is 150 Å². The van der Waals surface area contributed by atoms with Crippen LogP contribution in [0.2, 0.25) is 0 Å². The van der Waals surface area contributed by atoms with E-state index in [0.29, 0.717) is 22.6 Å². The Hall–Kier alpha value is -3.35. The van der Waals surface area contributed by atoms with E-state index in [2.05, 4.69) is 10.1 Å². The molecule has 0 aliphatic heterocycles. The van der Waals surface area contributed by atoms with Gasteiger partial charge in [-0.25, -0.2) is 9.59 Å². The van der Waals surface area contributed by atoms with Crippen molar-refractivity contribution in [2.24, 2.45) is 0 Å². The topological polar surface area (TPSA) is 90.9 Å². The van der Waals surface area contributed by atoms with Crippen LogP contribution in [0.5, 0.6) is 5.75 Å². The summed E-state index contributed by atoms with van der Waals surface area (Å²) < 4.78 is 14.8. The molecular formula is C19H19NO6. The summed E-state index contributed by atoms with van der Waals surface area (Å²) in [6.07, 6.45) is 0. The molecule has 1 N–H and O–H groups in total. The van der Waals surface area contributed by atoms with Crippen LogP contribution in [0.3, 0.4) is 0 Å². The molecule has 26 heavy (non-hydrogen) atoms. The molecule has 136 valence electrons. The van der Waals surface area contributed by atoms with Gasteiger partial charge in [-0.05, 0) is 48.9 Å². The minimum absolute atomic E-state index is 0.294. The lowest BCUT2D eigenvalue weighted by atomic mass is 10.1. The van der Waals surface area contributed by atoms with Gasteiger partial charge in [0.1, 0.15) is 5.75 Å². The maximum absolute atomic E-state index is 12.0. The van der Waals surface area contributed by atoms with Crippen molar-refractivity contribution in [3.8, 4) is 5.75 Å². The number of rotatable bonds is 6. The predicted octanol–water partition coefficient (Wildman–Crippen LogP) is 2.59. The molecule has 7 nitrogen and oxygen atoms in total. The van der Waals surface area contributed by atoms with Crippen molar-refractivity contribution < 1.29 is 28.6 Å². The highest BCUT2D eigenvalue weighted by atomic mass is 16.5. The second-order valence-corrected chi connectivity index (χ2v) is 5.38. The van der Waals surface area contributed by atoms with E-state index in [1.54, 1.807) is 30.3 Å². The first-order valence-electron chi connectivity index (χ1n) is 7.74. The van der Waals surface area contributed by atoms with E-state index in [0.717, 1.165) is 5.56 Å². The van der Waals surface area contributed by atoms with Gasteiger partial charge in [-0.15, -0.1) is 0 Å². The van der Waals surface area contributed by atoms with Gasteiger partial charge in [0.2, 0.25) is 0 Å². The third kappa shape index (κ3) is 4.83. The molecule has 0 radical (unpaired) electrons. The lowest BCUT2D eigenvalue weighted by molar-refractivity contribution is -0.119. The monoisotopic (exact) mass is 357 g/mol. The molecule has 0 bridgehead atoms. The number of methoxy groups -OCH3 is 2. The normalized spacial score (nSPS) is 9.96. The quantitative estimate of drug-likeness (QED) is 0.799. The van der Waals surface area contributed by atoms with Gasteiger partial charge in [-0.1, -0.05) is 6.07 Å². The molecule has 0 saturated heterocycles. The van der Waals surface area contributed by atoms with Gasteiger partial charge < -0.3 is 19.5 Å². The maximum Gasteiger partial charge on any atom is 0.338 e. The smallest absolute Gasteiger partial charge is 0.338 e. The van der Waals surface area contributed by atoms with Crippen molar-refractivity contribution in [3.63, 3.8) is 0 Å². The molecule has 0 aromatic heterocycles. The lowest BCUT2D eigenvalue weighted by Gasteiger charge is -2.09. The molecule has 0 saturated carbocycles. The fraction of sp³-hybridized carbons (Fsp3) is 0.211. The van der Waals surface area contributed by atoms with E-state index in [4.69, 9.17) is 9.47 Å². The highest BCUT2D eigenvalue weighted by Gasteiger charge is 2.13. The van der Waals surface area contributed by atoms with Crippen molar-refractivity contribution in [2.75, 3.05) is 26.1 Å². The number of esters is 2. The molecule has 2 rings (SSSR count). The van der Waals surface area contributed by atoms with Gasteiger partial charge in [0.05, 0.1) is 25.3 Å². The summed E-state index contributed by atoms with van der Waals surface area (Å²) in [6.45, 7) is 1.42. The van der Waals surface area contributed by atoms with E-state index in [-0.39, 0.29) is 0 Å². The Kier molecular flexibility index (Phi) is 6.32. The highest BCUT2D eigenvalue weighted by molar-refractivity contribution is 5.96. The molecule has 0 fully saturated rings. The number of aryl methyl sites for hydroxylation is 1. The Morgan fingerprint density at radius 1 is 0.923 bits per heavy atom. The number of ether oxygens (including phenoxy) is 3. The zero-order valence-corrected chi connectivity index (χ0v) is 14.7. The van der Waals surface area contributed by atoms with Crippen LogP contribution in [-0.4, -0.2) is 38.7 Å². The van der Waals surface area contributed by atoms with Crippen molar-refractivity contribution in [3.05, 3.63) is 59.2 Å². The van der Waals surface area contributed by atoms with Gasteiger partial charge >= 0.3 is 11.9 Å². The Morgan fingerprint density at radius 2 is 1.58 bits per heavy atom. The van der Waals surface area contributed by atoms with Crippen LogP contribution < -0.4 is 10.1 Å². The number of hydrogen-bond acceptors (Lipinski definition) is 6. The van der Waals surface area contributed by atoms with Crippen LogP contribution in [0.1, 0.15) is 26.3 Å². The van der Waals surface area contributed by atoms with Crippen LogP contribution in [0.4, 0.5) is 5.69 Å². The Balaban J connectivity index is 1.90. The van der Waals surface area contributed by atoms with Gasteiger partial charge in [0.15, 0.2) is 6.61 Å². The van der Waals surface area contributed by atoms with Gasteiger partial charge in [0.25, 0.3) is 5.91 Å². The molecule has 0 aliphatic rings. The summed E-state index contributed by atoms with van der Waals surface area (Å²) in [5.41, 5.74) is 2.01. The minimum Gasteiger partial charge on any atom is -0.496 e. The second-order valence-electron chi connectivity index (χ2n) is 5.38. The van der Waals surface area contributed by atoms with Crippen molar-refractivity contribution >= 4 is 23.5 Å². The second kappa shape index (κ2) is 8.66. The molecule has 0 aliphatic carbocycles. The SMILES string of the molecule is COC(=O)c1ccc(NC(=O)COC(=O)c2ccc(C)c(OC)c2)cc1. The number of carbonyl (C=O) groups is 3. The average molecular weight is 357 g/mol. The van der Waals surface area contributed by atoms with Crippen LogP contribution >= 0.6 is 0 Å². The van der Waals surface area contributed by atoms with E-state index in [9.17, 15) is 14.4 Å². The van der Waals surface area contributed by atoms with Crippen LogP contribution in [-0.2, 0) is 14.3 Å². The average Bonchev–Trinajstić information content (AvgIpc) is 2.66. The molecule has 1 amide bonds. The molecule has 0 unspecified atom stereocenters.